The minimum atomic E-state index is -2.47. The van der Waals surface area contributed by atoms with Gasteiger partial charge < -0.3 is 24.8 Å². The summed E-state index contributed by atoms with van der Waals surface area (Å²) in [7, 11) is 0. The Labute approximate surface area is 263 Å². The van der Waals surface area contributed by atoms with Gasteiger partial charge in [-0.25, -0.2) is 0 Å². The summed E-state index contributed by atoms with van der Waals surface area (Å²) in [5, 5.41) is 2.80. The van der Waals surface area contributed by atoms with Crippen molar-refractivity contribution in [2.45, 2.75) is 24.0 Å². The molecule has 0 aromatic heterocycles. The first-order chi connectivity index (χ1) is 19.1. The third-order valence-corrected chi connectivity index (χ3v) is 21.3. The zero-order valence-electron chi connectivity index (χ0n) is 23.1. The molecule has 0 fully saturated rings. The second-order valence-electron chi connectivity index (χ2n) is 10.5. The van der Waals surface area contributed by atoms with E-state index in [1.807, 2.05) is 18.2 Å². The van der Waals surface area contributed by atoms with Gasteiger partial charge in [0.15, 0.2) is 0 Å². The topological polar surface area (TPSA) is 29.1 Å². The summed E-state index contributed by atoms with van der Waals surface area (Å²) in [4.78, 5) is 14.3. The first-order valence-electron chi connectivity index (χ1n) is 13.7. The SMILES string of the molecule is CC(C)c1ccccc1C(=O)[NH][Ti+2]([CH]1c2ccccc2-c2ccccc21)[SiH](c1ccccc1)c1ccccc1.[Cl-].[Cl-]. The van der Waals surface area contributed by atoms with Gasteiger partial charge in [-0.05, 0) is 0 Å². The maximum Gasteiger partial charge on any atom is -1.00 e. The summed E-state index contributed by atoms with van der Waals surface area (Å²) < 4.78 is 4.07. The summed E-state index contributed by atoms with van der Waals surface area (Å²) in [5.74, 6) is 0.361. The van der Waals surface area contributed by atoms with Crippen LogP contribution in [0.5, 0.6) is 0 Å². The molecule has 1 N–H and O–H groups in total. The van der Waals surface area contributed by atoms with Crippen LogP contribution in [0, 0.1) is 0 Å². The smallest absolute Gasteiger partial charge is 1.00 e. The molecule has 0 saturated heterocycles. The van der Waals surface area contributed by atoms with Crippen LogP contribution in [-0.4, -0.2) is 12.6 Å². The van der Waals surface area contributed by atoms with E-state index in [1.54, 1.807) is 0 Å². The van der Waals surface area contributed by atoms with Crippen LogP contribution in [0.25, 0.3) is 11.1 Å². The molecule has 1 aliphatic carbocycles. The van der Waals surface area contributed by atoms with Crippen molar-refractivity contribution in [3.05, 3.63) is 156 Å². The minimum Gasteiger partial charge on any atom is -1.00 e. The van der Waals surface area contributed by atoms with Gasteiger partial charge in [0.2, 0.25) is 0 Å². The molecule has 5 aromatic carbocycles. The van der Waals surface area contributed by atoms with E-state index in [1.165, 1.54) is 32.6 Å². The maximum atomic E-state index is 14.3. The van der Waals surface area contributed by atoms with Gasteiger partial charge in [0, 0.05) is 0 Å². The van der Waals surface area contributed by atoms with E-state index in [0.717, 1.165) is 11.1 Å². The molecule has 0 aliphatic heterocycles. The Balaban J connectivity index is 0.00000194. The van der Waals surface area contributed by atoms with E-state index < -0.39 is 24.0 Å². The van der Waals surface area contributed by atoms with Gasteiger partial charge in [0.1, 0.15) is 0 Å². The molecule has 1 amide bonds. The van der Waals surface area contributed by atoms with Crippen LogP contribution >= 0.6 is 0 Å². The Kier molecular flexibility index (Phi) is 10.5. The Morgan fingerprint density at radius 2 is 1.07 bits per heavy atom. The van der Waals surface area contributed by atoms with E-state index >= 15 is 0 Å². The summed E-state index contributed by atoms with van der Waals surface area (Å²) >= 11 is -2.47. The normalized spacial score (nSPS) is 11.7. The second-order valence-corrected chi connectivity index (χ2v) is 20.7. The molecule has 0 spiro atoms. The van der Waals surface area contributed by atoms with Crippen LogP contribution in [0.1, 0.15) is 51.0 Å². The van der Waals surface area contributed by atoms with Crippen molar-refractivity contribution < 1.29 is 47.0 Å². The van der Waals surface area contributed by atoms with Crippen LogP contribution in [0.3, 0.4) is 0 Å². The number of hydrogen-bond acceptors (Lipinski definition) is 1. The van der Waals surface area contributed by atoms with Gasteiger partial charge in [-0.15, -0.1) is 0 Å². The van der Waals surface area contributed by atoms with Crippen LogP contribution < -0.4 is 39.0 Å². The molecular formula is C35H32Cl2NOSiTi. The van der Waals surface area contributed by atoms with E-state index in [0.29, 0.717) is 0 Å². The van der Waals surface area contributed by atoms with Crippen LogP contribution in [0.2, 0.25) is 0 Å². The Hall–Kier alpha value is -2.92. The van der Waals surface area contributed by atoms with Crippen molar-refractivity contribution in [1.82, 2.24) is 3.80 Å². The first-order valence-corrected chi connectivity index (χ1v) is 19.8. The number of carbonyl (C=O) groups is 1. The van der Waals surface area contributed by atoms with Gasteiger partial charge in [0.05, 0.1) is 0 Å². The monoisotopic (exact) mass is 628 g/mol. The summed E-state index contributed by atoms with van der Waals surface area (Å²) in [6.07, 6.45) is 0. The Bertz CT molecular complexity index is 1530. The standard InChI is InChI=1S/C13H9.C12H11Si.C10H13NO.2ClH.Ti/c1-3-7-12-10(5-1)9-11-6-2-4-8-13(11)12;1-3-7-11(8-4-1)13-12-9-5-2-6-10-12;1-7(2)8-5-3-4-6-9(8)10(11)12;;;/h1-9H;1-10,13H;3-7H,1-2H3,(H2,11,12);2*1H;/q;;;;;+3/p-3. The van der Waals surface area contributed by atoms with Crippen molar-refractivity contribution >= 4 is 22.9 Å². The van der Waals surface area contributed by atoms with Crippen molar-refractivity contribution in [2.75, 3.05) is 0 Å². The van der Waals surface area contributed by atoms with Crippen molar-refractivity contribution in [3.8, 4) is 11.1 Å². The predicted octanol–water partition coefficient (Wildman–Crippen LogP) is 0.389. The van der Waals surface area contributed by atoms with Gasteiger partial charge in [0.25, 0.3) is 0 Å². The van der Waals surface area contributed by atoms with E-state index in [4.69, 9.17) is 0 Å². The number of carbonyl (C=O) groups excluding carboxylic acids is 1. The molecule has 5 aromatic rings. The third-order valence-electron chi connectivity index (χ3n) is 7.81. The molecule has 41 heavy (non-hydrogen) atoms. The fourth-order valence-electron chi connectivity index (χ4n) is 6.05. The van der Waals surface area contributed by atoms with Gasteiger partial charge >= 0.3 is 240 Å². The zero-order valence-corrected chi connectivity index (χ0v) is 27.3. The molecular weight excluding hydrogens is 597 g/mol. The Morgan fingerprint density at radius 1 is 0.634 bits per heavy atom. The minimum absolute atomic E-state index is 0. The number of nitrogens with one attached hydrogen (secondary N) is 1. The third kappa shape index (κ3) is 6.16. The van der Waals surface area contributed by atoms with Crippen LogP contribution in [-0.2, 0) is 17.4 Å². The van der Waals surface area contributed by atoms with E-state index in [2.05, 4.69) is 133 Å². The van der Waals surface area contributed by atoms with Gasteiger partial charge in [-0.3, -0.25) is 0 Å². The summed E-state index contributed by atoms with van der Waals surface area (Å²) in [6, 6.07) is 47.8. The number of halogens is 2. The first kappa shape index (κ1) is 31.0. The maximum absolute atomic E-state index is 14.3. The van der Waals surface area contributed by atoms with Gasteiger partial charge in [-0.2, -0.15) is 0 Å². The number of benzene rings is 5. The zero-order chi connectivity index (χ0) is 26.8. The molecule has 0 radical (unpaired) electrons. The number of fused-ring (bicyclic) bond motifs is 3. The molecule has 1 aliphatic rings. The summed E-state index contributed by atoms with van der Waals surface area (Å²) in [5.41, 5.74) is 7.29. The largest absolute Gasteiger partial charge is 1.00 e. The molecule has 2 nitrogen and oxygen atoms in total. The van der Waals surface area contributed by atoms with Crippen molar-refractivity contribution in [1.29, 1.82) is 0 Å². The van der Waals surface area contributed by atoms with Crippen LogP contribution in [0.15, 0.2) is 133 Å². The molecule has 0 heterocycles. The molecule has 0 bridgehead atoms. The van der Waals surface area contributed by atoms with E-state index in [-0.39, 0.29) is 40.9 Å². The Morgan fingerprint density at radius 3 is 1.59 bits per heavy atom. The molecule has 6 rings (SSSR count). The molecule has 0 atom stereocenters. The molecule has 0 unspecified atom stereocenters. The average molecular weight is 630 g/mol. The fourth-order valence-corrected chi connectivity index (χ4v) is 20.9. The quantitative estimate of drug-likeness (QED) is 0.260. The second kappa shape index (κ2) is 13.8. The summed E-state index contributed by atoms with van der Waals surface area (Å²) in [6.45, 7) is 2.51. The van der Waals surface area contributed by atoms with Crippen molar-refractivity contribution in [2.24, 2.45) is 0 Å². The number of hydrogen-bond donors (Lipinski definition) is 1. The van der Waals surface area contributed by atoms with Gasteiger partial charge in [-0.1, -0.05) is 0 Å². The molecule has 0 saturated carbocycles. The molecule has 6 heteroatoms. The average Bonchev–Trinajstić information content (AvgIpc) is 3.32. The fraction of sp³-hybridized carbons (Fsp3) is 0.114. The molecule has 205 valence electrons. The number of rotatable bonds is 7. The van der Waals surface area contributed by atoms with Crippen molar-refractivity contribution in [3.63, 3.8) is 0 Å². The number of amides is 1. The van der Waals surface area contributed by atoms with E-state index in [9.17, 15) is 4.79 Å². The van der Waals surface area contributed by atoms with Crippen LogP contribution in [0.4, 0.5) is 0 Å². The predicted molar refractivity (Wildman–Crippen MR) is 161 cm³/mol.